The van der Waals surface area contributed by atoms with Gasteiger partial charge in [-0.1, -0.05) is 12.2 Å². The van der Waals surface area contributed by atoms with Crippen LogP contribution in [-0.4, -0.2) is 41.1 Å². The second kappa shape index (κ2) is 7.19. The van der Waals surface area contributed by atoms with Crippen molar-refractivity contribution < 1.29 is 28.3 Å². The summed E-state index contributed by atoms with van der Waals surface area (Å²) in [5.41, 5.74) is 0.206. The molecule has 0 saturated carbocycles. The van der Waals surface area contributed by atoms with E-state index in [1.807, 2.05) is 12.2 Å². The maximum atomic E-state index is 12.9. The van der Waals surface area contributed by atoms with E-state index < -0.39 is 42.1 Å². The second-order valence-corrected chi connectivity index (χ2v) is 6.42. The Morgan fingerprint density at radius 3 is 2.19 bits per heavy atom. The van der Waals surface area contributed by atoms with E-state index in [1.54, 1.807) is 0 Å². The molecular weight excluding hydrogens is 341 g/mol. The predicted molar refractivity (Wildman–Crippen MR) is 88.4 cm³/mol. The number of carbonyl (C=O) groups excluding carboxylic acids is 4. The van der Waals surface area contributed by atoms with Crippen LogP contribution in [0.15, 0.2) is 36.4 Å². The summed E-state index contributed by atoms with van der Waals surface area (Å²) in [7, 11) is 0. The molecule has 0 aromatic heterocycles. The SMILES string of the molecule is C[C@@H](OC(=O)CN1C(=O)[C@H]2CC=CC[C@H]2C1=O)C(=O)c1ccc(F)cc1. The molecule has 7 heteroatoms. The van der Waals surface area contributed by atoms with Gasteiger partial charge in [-0.15, -0.1) is 0 Å². The Labute approximate surface area is 149 Å². The third-order valence-electron chi connectivity index (χ3n) is 4.69. The lowest BCUT2D eigenvalue weighted by Gasteiger charge is -2.16. The van der Waals surface area contributed by atoms with Gasteiger partial charge in [0.05, 0.1) is 11.8 Å². The molecule has 0 unspecified atom stereocenters. The van der Waals surface area contributed by atoms with E-state index in [9.17, 15) is 23.6 Å². The molecule has 1 aromatic rings. The third kappa shape index (κ3) is 3.42. The number of esters is 1. The van der Waals surface area contributed by atoms with Crippen LogP contribution >= 0.6 is 0 Å². The minimum Gasteiger partial charge on any atom is -0.453 e. The molecule has 1 fully saturated rings. The molecule has 2 aliphatic rings. The van der Waals surface area contributed by atoms with Crippen molar-refractivity contribution in [1.29, 1.82) is 0 Å². The summed E-state index contributed by atoms with van der Waals surface area (Å²) < 4.78 is 18.0. The first-order chi connectivity index (χ1) is 12.4. The minimum absolute atomic E-state index is 0.206. The Hall–Kier alpha value is -2.83. The lowest BCUT2D eigenvalue weighted by Crippen LogP contribution is -2.38. The van der Waals surface area contributed by atoms with E-state index >= 15 is 0 Å². The molecule has 3 atom stereocenters. The monoisotopic (exact) mass is 359 g/mol. The summed E-state index contributed by atoms with van der Waals surface area (Å²) in [6.45, 7) is 0.882. The number of halogens is 1. The standard InChI is InChI=1S/C19H18FNO5/c1-11(17(23)12-6-8-13(20)9-7-12)26-16(22)10-21-18(24)14-4-2-3-5-15(14)19(21)25/h2-3,6-9,11,14-15H,4-5,10H2,1H3/t11-,14-,15+/m1/s1. The van der Waals surface area contributed by atoms with Gasteiger partial charge in [0.25, 0.3) is 0 Å². The van der Waals surface area contributed by atoms with Gasteiger partial charge in [0.2, 0.25) is 17.6 Å². The molecule has 2 amide bonds. The molecule has 0 spiro atoms. The number of ketones is 1. The molecule has 6 nitrogen and oxygen atoms in total. The maximum absolute atomic E-state index is 12.9. The molecule has 0 N–H and O–H groups in total. The molecule has 1 aliphatic carbocycles. The van der Waals surface area contributed by atoms with Crippen molar-refractivity contribution in [2.45, 2.75) is 25.9 Å². The number of likely N-dealkylation sites (tertiary alicyclic amines) is 1. The molecule has 136 valence electrons. The van der Waals surface area contributed by atoms with Crippen LogP contribution in [0.3, 0.4) is 0 Å². The highest BCUT2D eigenvalue weighted by Crippen LogP contribution is 2.34. The fourth-order valence-corrected chi connectivity index (χ4v) is 3.29. The van der Waals surface area contributed by atoms with E-state index in [-0.39, 0.29) is 17.4 Å². The van der Waals surface area contributed by atoms with Crippen molar-refractivity contribution in [2.24, 2.45) is 11.8 Å². The lowest BCUT2D eigenvalue weighted by atomic mass is 9.85. The molecular formula is C19H18FNO5. The highest BCUT2D eigenvalue weighted by Gasteiger charge is 2.47. The Morgan fingerprint density at radius 2 is 1.65 bits per heavy atom. The van der Waals surface area contributed by atoms with Gasteiger partial charge in [-0.2, -0.15) is 0 Å². The Morgan fingerprint density at radius 1 is 1.12 bits per heavy atom. The highest BCUT2D eigenvalue weighted by molar-refractivity contribution is 6.07. The van der Waals surface area contributed by atoms with Gasteiger partial charge in [0.1, 0.15) is 12.4 Å². The molecule has 1 heterocycles. The average molecular weight is 359 g/mol. The van der Waals surface area contributed by atoms with Crippen molar-refractivity contribution in [3.8, 4) is 0 Å². The zero-order valence-corrected chi connectivity index (χ0v) is 14.2. The van der Waals surface area contributed by atoms with Crippen LogP contribution < -0.4 is 0 Å². The van der Waals surface area contributed by atoms with Gasteiger partial charge in [0, 0.05) is 5.56 Å². The van der Waals surface area contributed by atoms with E-state index in [1.165, 1.54) is 19.1 Å². The van der Waals surface area contributed by atoms with Crippen LogP contribution in [-0.2, 0) is 19.1 Å². The predicted octanol–water partition coefficient (Wildman–Crippen LogP) is 1.89. The summed E-state index contributed by atoms with van der Waals surface area (Å²) in [5, 5.41) is 0. The average Bonchev–Trinajstić information content (AvgIpc) is 2.87. The lowest BCUT2D eigenvalue weighted by molar-refractivity contribution is -0.154. The van der Waals surface area contributed by atoms with Gasteiger partial charge in [0.15, 0.2) is 6.10 Å². The number of benzene rings is 1. The van der Waals surface area contributed by atoms with Crippen molar-refractivity contribution in [2.75, 3.05) is 6.54 Å². The maximum Gasteiger partial charge on any atom is 0.326 e. The van der Waals surface area contributed by atoms with Gasteiger partial charge >= 0.3 is 5.97 Å². The van der Waals surface area contributed by atoms with Crippen molar-refractivity contribution >= 4 is 23.6 Å². The second-order valence-electron chi connectivity index (χ2n) is 6.42. The number of hydrogen-bond acceptors (Lipinski definition) is 5. The fourth-order valence-electron chi connectivity index (χ4n) is 3.29. The fraction of sp³-hybridized carbons (Fsp3) is 0.368. The normalized spacial score (nSPS) is 22.9. The summed E-state index contributed by atoms with van der Waals surface area (Å²) in [6.07, 6.45) is 3.58. The molecule has 1 saturated heterocycles. The van der Waals surface area contributed by atoms with Crippen LogP contribution in [0.4, 0.5) is 4.39 Å². The number of imide groups is 1. The number of ether oxygens (including phenoxy) is 1. The largest absolute Gasteiger partial charge is 0.453 e. The molecule has 26 heavy (non-hydrogen) atoms. The summed E-state index contributed by atoms with van der Waals surface area (Å²) in [6, 6.07) is 4.87. The van der Waals surface area contributed by atoms with Crippen molar-refractivity contribution in [3.05, 3.63) is 47.8 Å². The van der Waals surface area contributed by atoms with Gasteiger partial charge in [-0.25, -0.2) is 4.39 Å². The summed E-state index contributed by atoms with van der Waals surface area (Å²) >= 11 is 0. The first-order valence-electron chi connectivity index (χ1n) is 8.38. The smallest absolute Gasteiger partial charge is 0.326 e. The molecule has 0 bridgehead atoms. The number of Topliss-reactive ketones (excluding diaryl/α,β-unsaturated/α-hetero) is 1. The van der Waals surface area contributed by atoms with Gasteiger partial charge in [-0.05, 0) is 44.0 Å². The van der Waals surface area contributed by atoms with Crippen molar-refractivity contribution in [3.63, 3.8) is 0 Å². The van der Waals surface area contributed by atoms with E-state index in [4.69, 9.17) is 4.74 Å². The topological polar surface area (TPSA) is 80.8 Å². The van der Waals surface area contributed by atoms with Gasteiger partial charge in [-0.3, -0.25) is 24.1 Å². The molecule has 0 radical (unpaired) electrons. The number of fused-ring (bicyclic) bond motifs is 1. The molecule has 3 rings (SSSR count). The summed E-state index contributed by atoms with van der Waals surface area (Å²) in [5.74, 6) is -3.39. The minimum atomic E-state index is -1.11. The Kier molecular flexibility index (Phi) is 4.97. The van der Waals surface area contributed by atoms with Crippen LogP contribution in [0.25, 0.3) is 0 Å². The molecule has 1 aromatic carbocycles. The Bertz CT molecular complexity index is 760. The van der Waals surface area contributed by atoms with Crippen LogP contribution in [0.5, 0.6) is 0 Å². The zero-order valence-electron chi connectivity index (χ0n) is 14.2. The Balaban J connectivity index is 1.60. The number of carbonyl (C=O) groups is 4. The molecule has 1 aliphatic heterocycles. The number of nitrogens with zero attached hydrogens (tertiary/aromatic N) is 1. The van der Waals surface area contributed by atoms with Crippen LogP contribution in [0, 0.1) is 17.7 Å². The number of rotatable bonds is 5. The van der Waals surface area contributed by atoms with E-state index in [0.717, 1.165) is 17.0 Å². The quantitative estimate of drug-likeness (QED) is 0.347. The zero-order chi connectivity index (χ0) is 18.8. The first-order valence-corrected chi connectivity index (χ1v) is 8.38. The first kappa shape index (κ1) is 18.0. The number of hydrogen-bond donors (Lipinski definition) is 0. The van der Waals surface area contributed by atoms with E-state index in [2.05, 4.69) is 0 Å². The van der Waals surface area contributed by atoms with Gasteiger partial charge < -0.3 is 4.74 Å². The van der Waals surface area contributed by atoms with Crippen LogP contribution in [0.1, 0.15) is 30.1 Å². The third-order valence-corrected chi connectivity index (χ3v) is 4.69. The van der Waals surface area contributed by atoms with Crippen molar-refractivity contribution in [1.82, 2.24) is 4.90 Å². The summed E-state index contributed by atoms with van der Waals surface area (Å²) in [4.78, 5) is 49.9. The van der Waals surface area contributed by atoms with Crippen LogP contribution in [0.2, 0.25) is 0 Å². The highest BCUT2D eigenvalue weighted by atomic mass is 19.1. The number of amides is 2. The number of allylic oxidation sites excluding steroid dienone is 2. The van der Waals surface area contributed by atoms with E-state index in [0.29, 0.717) is 12.8 Å².